The van der Waals surface area contributed by atoms with Crippen molar-refractivity contribution in [1.82, 2.24) is 15.1 Å². The van der Waals surface area contributed by atoms with Crippen LogP contribution in [0.4, 0.5) is 5.69 Å². The van der Waals surface area contributed by atoms with Gasteiger partial charge in [-0.05, 0) is 35.2 Å². The molecule has 1 aromatic rings. The van der Waals surface area contributed by atoms with E-state index in [2.05, 4.69) is 25.1 Å². The van der Waals surface area contributed by atoms with Crippen LogP contribution in [-0.4, -0.2) is 111 Å². The monoisotopic (exact) mass is 527 g/mol. The Labute approximate surface area is 222 Å². The summed E-state index contributed by atoms with van der Waals surface area (Å²) in [5, 5.41) is 6.64. The van der Waals surface area contributed by atoms with Gasteiger partial charge in [-0.1, -0.05) is 25.9 Å². The molecule has 3 heterocycles. The molecule has 3 saturated heterocycles. The van der Waals surface area contributed by atoms with Gasteiger partial charge in [-0.3, -0.25) is 19.3 Å². The highest BCUT2D eigenvalue weighted by molar-refractivity contribution is 5.99. The molecule has 3 aliphatic rings. The van der Waals surface area contributed by atoms with Crippen molar-refractivity contribution in [2.24, 2.45) is 10.5 Å². The van der Waals surface area contributed by atoms with Gasteiger partial charge < -0.3 is 24.6 Å². The smallest absolute Gasteiger partial charge is 0.251 e. The van der Waals surface area contributed by atoms with Crippen LogP contribution in [0.5, 0.6) is 0 Å². The van der Waals surface area contributed by atoms with Gasteiger partial charge in [-0.2, -0.15) is 0 Å². The fourth-order valence-electron chi connectivity index (χ4n) is 5.33. The lowest BCUT2D eigenvalue weighted by atomic mass is 9.85. The van der Waals surface area contributed by atoms with Gasteiger partial charge in [0.15, 0.2) is 5.78 Å². The molecular formula is C26H37N7O5. The quantitative estimate of drug-likeness (QED) is 0.307. The third-order valence-corrected chi connectivity index (χ3v) is 7.51. The van der Waals surface area contributed by atoms with Crippen LogP contribution in [0.1, 0.15) is 31.1 Å². The third-order valence-electron chi connectivity index (χ3n) is 7.51. The number of carbonyl (C=O) groups excluding carboxylic acids is 3. The third kappa shape index (κ3) is 5.94. The summed E-state index contributed by atoms with van der Waals surface area (Å²) in [6.07, 6.45) is -0.659. The molecule has 0 bridgehead atoms. The van der Waals surface area contributed by atoms with Gasteiger partial charge in [0.2, 0.25) is 5.91 Å². The number of carbonyl (C=O) groups is 3. The molecule has 38 heavy (non-hydrogen) atoms. The summed E-state index contributed by atoms with van der Waals surface area (Å²) in [5.41, 5.74) is 9.77. The average Bonchev–Trinajstić information content (AvgIpc) is 3.46. The zero-order valence-electron chi connectivity index (χ0n) is 22.5. The number of piperazine rings is 1. The normalized spacial score (nSPS) is 24.6. The Morgan fingerprint density at radius 3 is 2.50 bits per heavy atom. The number of hydrogen-bond donors (Lipinski definition) is 1. The second-order valence-electron chi connectivity index (χ2n) is 11.1. The number of ether oxygens (including phenoxy) is 2. The maximum Gasteiger partial charge on any atom is 0.251 e. The molecule has 1 aromatic carbocycles. The highest BCUT2D eigenvalue weighted by Gasteiger charge is 2.53. The topological polar surface area (TPSA) is 140 Å². The molecule has 3 aliphatic heterocycles. The van der Waals surface area contributed by atoms with Crippen molar-refractivity contribution in [3.05, 3.63) is 40.3 Å². The van der Waals surface area contributed by atoms with E-state index in [-0.39, 0.29) is 24.8 Å². The van der Waals surface area contributed by atoms with E-state index < -0.39 is 35.6 Å². The van der Waals surface area contributed by atoms with E-state index in [0.717, 1.165) is 45.0 Å². The average molecular weight is 528 g/mol. The number of nitrogens with zero attached hydrogens (tertiary/aromatic N) is 6. The van der Waals surface area contributed by atoms with E-state index in [4.69, 9.17) is 15.0 Å². The number of rotatable bonds is 8. The number of amides is 2. The lowest BCUT2D eigenvalue weighted by Gasteiger charge is -2.36. The number of likely N-dealkylation sites (tertiary alicyclic amines) is 1. The number of fused-ring (bicyclic) bond motifs is 1. The maximum atomic E-state index is 13.7. The predicted octanol–water partition coefficient (Wildman–Crippen LogP) is 1.46. The molecule has 0 saturated carbocycles. The molecule has 4 rings (SSSR count). The SMILES string of the molecule is COCCN1CCN(c2ccc(C(=O)N[C@H](C(=O)N3C[C@@H](N=[N+]=[N-])[C@H]4OCC(=O)[C@H]43)C(C)(C)C)cc2)CC1. The van der Waals surface area contributed by atoms with Crippen molar-refractivity contribution in [3.63, 3.8) is 0 Å². The molecule has 0 aliphatic carbocycles. The van der Waals surface area contributed by atoms with E-state index in [0.29, 0.717) is 5.56 Å². The molecule has 206 valence electrons. The molecule has 12 nitrogen and oxygen atoms in total. The highest BCUT2D eigenvalue weighted by atomic mass is 16.5. The Balaban J connectivity index is 1.43. The van der Waals surface area contributed by atoms with Crippen molar-refractivity contribution >= 4 is 23.3 Å². The number of methoxy groups -OCH3 is 1. The second-order valence-corrected chi connectivity index (χ2v) is 11.1. The van der Waals surface area contributed by atoms with Gasteiger partial charge in [0, 0.05) is 62.5 Å². The summed E-state index contributed by atoms with van der Waals surface area (Å²) < 4.78 is 10.7. The Kier molecular flexibility index (Phi) is 8.57. The molecule has 12 heteroatoms. The number of benzene rings is 1. The zero-order chi connectivity index (χ0) is 27.4. The minimum atomic E-state index is -0.895. The Bertz CT molecular complexity index is 1070. The van der Waals surface area contributed by atoms with Crippen molar-refractivity contribution < 1.29 is 23.9 Å². The largest absolute Gasteiger partial charge is 0.383 e. The number of anilines is 1. The molecule has 0 spiro atoms. The van der Waals surface area contributed by atoms with Crippen LogP contribution in [-0.2, 0) is 19.1 Å². The summed E-state index contributed by atoms with van der Waals surface area (Å²) in [6, 6.07) is 5.04. The van der Waals surface area contributed by atoms with Gasteiger partial charge in [0.25, 0.3) is 5.91 Å². The van der Waals surface area contributed by atoms with Crippen molar-refractivity contribution in [2.75, 3.05) is 64.5 Å². The summed E-state index contributed by atoms with van der Waals surface area (Å²) in [5.74, 6) is -0.989. The highest BCUT2D eigenvalue weighted by Crippen LogP contribution is 2.32. The van der Waals surface area contributed by atoms with E-state index in [1.165, 1.54) is 4.90 Å². The maximum absolute atomic E-state index is 13.7. The van der Waals surface area contributed by atoms with Gasteiger partial charge in [-0.25, -0.2) is 0 Å². The van der Waals surface area contributed by atoms with Crippen LogP contribution in [0.15, 0.2) is 29.4 Å². The summed E-state index contributed by atoms with van der Waals surface area (Å²) in [4.78, 5) is 48.4. The van der Waals surface area contributed by atoms with E-state index in [1.54, 1.807) is 19.2 Å². The molecule has 4 atom stereocenters. The van der Waals surface area contributed by atoms with Crippen molar-refractivity contribution in [3.8, 4) is 0 Å². The van der Waals surface area contributed by atoms with E-state index >= 15 is 0 Å². The fourth-order valence-corrected chi connectivity index (χ4v) is 5.33. The van der Waals surface area contributed by atoms with Crippen LogP contribution in [0.25, 0.3) is 10.4 Å². The Morgan fingerprint density at radius 1 is 1.21 bits per heavy atom. The standard InChI is InChI=1S/C26H37N7O5/c1-26(2,3)23(25(36)33-15-19(29-30-27)22-21(33)20(34)16-38-22)28-24(35)17-5-7-18(8-6-17)32-11-9-31(10-12-32)13-14-37-4/h5-8,19,21-23H,9-16H2,1-4H3,(H,28,35)/t19-,21-,22-,23-/m1/s1. The number of azide groups is 1. The number of nitrogens with one attached hydrogen (secondary N) is 1. The lowest BCUT2D eigenvalue weighted by Crippen LogP contribution is -2.57. The van der Waals surface area contributed by atoms with Gasteiger partial charge >= 0.3 is 0 Å². The lowest BCUT2D eigenvalue weighted by molar-refractivity contribution is -0.140. The summed E-state index contributed by atoms with van der Waals surface area (Å²) in [6.45, 7) is 10.9. The predicted molar refractivity (Wildman–Crippen MR) is 141 cm³/mol. The van der Waals surface area contributed by atoms with Crippen molar-refractivity contribution in [1.29, 1.82) is 0 Å². The first kappa shape index (κ1) is 27.8. The minimum absolute atomic E-state index is 0.0693. The molecule has 3 fully saturated rings. The zero-order valence-corrected chi connectivity index (χ0v) is 22.5. The molecule has 0 aromatic heterocycles. The van der Waals surface area contributed by atoms with Gasteiger partial charge in [0.1, 0.15) is 18.7 Å². The first-order chi connectivity index (χ1) is 18.1. The van der Waals surface area contributed by atoms with Crippen LogP contribution in [0, 0.1) is 5.41 Å². The fraction of sp³-hybridized carbons (Fsp3) is 0.654. The van der Waals surface area contributed by atoms with Crippen LogP contribution < -0.4 is 10.2 Å². The Hall–Kier alpha value is -3.18. The molecule has 0 radical (unpaired) electrons. The number of hydrogen-bond acceptors (Lipinski definition) is 8. The first-order valence-corrected chi connectivity index (χ1v) is 13.0. The van der Waals surface area contributed by atoms with Gasteiger partial charge in [0.05, 0.1) is 18.8 Å². The van der Waals surface area contributed by atoms with E-state index in [1.807, 2.05) is 32.9 Å². The molecular weight excluding hydrogens is 490 g/mol. The minimum Gasteiger partial charge on any atom is -0.383 e. The number of Topliss-reactive ketones (excluding diaryl/α,β-unsaturated/α-hetero) is 1. The van der Waals surface area contributed by atoms with Gasteiger partial charge in [-0.15, -0.1) is 0 Å². The van der Waals surface area contributed by atoms with Crippen LogP contribution in [0.2, 0.25) is 0 Å². The van der Waals surface area contributed by atoms with Crippen LogP contribution in [0.3, 0.4) is 0 Å². The number of ketones is 1. The Morgan fingerprint density at radius 2 is 1.89 bits per heavy atom. The first-order valence-electron chi connectivity index (χ1n) is 13.0. The molecule has 1 N–H and O–H groups in total. The van der Waals surface area contributed by atoms with E-state index in [9.17, 15) is 14.4 Å². The summed E-state index contributed by atoms with van der Waals surface area (Å²) in [7, 11) is 1.71. The molecule has 2 amide bonds. The second kappa shape index (κ2) is 11.7. The van der Waals surface area contributed by atoms with Crippen molar-refractivity contribution in [2.45, 2.75) is 45.0 Å². The van der Waals surface area contributed by atoms with Crippen LogP contribution >= 0.6 is 0 Å². The molecule has 0 unspecified atom stereocenters. The summed E-state index contributed by atoms with van der Waals surface area (Å²) >= 11 is 0.